The van der Waals surface area contributed by atoms with E-state index < -0.39 is 5.72 Å². The summed E-state index contributed by atoms with van der Waals surface area (Å²) in [5.41, 5.74) is 0.259. The number of esters is 1. The monoisotopic (exact) mass is 347 g/mol. The third-order valence-corrected chi connectivity index (χ3v) is 5.28. The average Bonchev–Trinajstić information content (AvgIpc) is 3.14. The van der Waals surface area contributed by atoms with Crippen LogP contribution in [-0.2, 0) is 9.53 Å². The highest BCUT2D eigenvalue weighted by molar-refractivity contribution is 5.72. The molecule has 0 aromatic carbocycles. The lowest BCUT2D eigenvalue weighted by Crippen LogP contribution is -2.56. The lowest BCUT2D eigenvalue weighted by atomic mass is 10.0. The highest BCUT2D eigenvalue weighted by atomic mass is 16.6. The number of rotatable bonds is 8. The molecule has 2 aliphatic rings. The van der Waals surface area contributed by atoms with Crippen molar-refractivity contribution in [2.45, 2.75) is 71.1 Å². The predicted molar refractivity (Wildman–Crippen MR) is 94.0 cm³/mol. The summed E-state index contributed by atoms with van der Waals surface area (Å²) in [5.74, 6) is 0.252. The fourth-order valence-electron chi connectivity index (χ4n) is 3.75. The first kappa shape index (κ1) is 18.1. The van der Waals surface area contributed by atoms with Gasteiger partial charge in [-0.3, -0.25) is 10.1 Å². The number of fused-ring (bicyclic) bond motifs is 2. The van der Waals surface area contributed by atoms with Crippen LogP contribution in [0.25, 0.3) is 0 Å². The maximum absolute atomic E-state index is 12.6. The summed E-state index contributed by atoms with van der Waals surface area (Å²) in [7, 11) is 0. The number of aromatic nitrogens is 2. The summed E-state index contributed by atoms with van der Waals surface area (Å²) in [6.45, 7) is 6.92. The molecule has 4 atom stereocenters. The molecule has 0 spiro atoms. The topological polar surface area (TPSA) is 73.3 Å². The quantitative estimate of drug-likeness (QED) is 0.576. The third kappa shape index (κ3) is 4.11. The van der Waals surface area contributed by atoms with Gasteiger partial charge in [0.05, 0.1) is 5.92 Å². The van der Waals surface area contributed by atoms with E-state index in [2.05, 4.69) is 22.2 Å². The van der Waals surface area contributed by atoms with Crippen LogP contribution in [0, 0.1) is 18.8 Å². The molecule has 2 bridgehead atoms. The van der Waals surface area contributed by atoms with E-state index in [1.165, 1.54) is 0 Å². The highest BCUT2D eigenvalue weighted by Gasteiger charge is 2.57. The number of nitrogens with one attached hydrogen (secondary N) is 1. The molecule has 1 aromatic heterocycles. The first-order valence-electron chi connectivity index (χ1n) is 9.45. The lowest BCUT2D eigenvalue weighted by molar-refractivity contribution is -0.177. The molecule has 6 heteroatoms. The van der Waals surface area contributed by atoms with Crippen LogP contribution in [0.1, 0.15) is 57.9 Å². The summed E-state index contributed by atoms with van der Waals surface area (Å²) in [6.07, 6.45) is 9.14. The van der Waals surface area contributed by atoms with Crippen LogP contribution in [0.4, 0.5) is 0 Å². The van der Waals surface area contributed by atoms with Crippen molar-refractivity contribution in [3.63, 3.8) is 0 Å². The summed E-state index contributed by atoms with van der Waals surface area (Å²) in [4.78, 5) is 21.0. The normalized spacial score (nSPS) is 28.8. The van der Waals surface area contributed by atoms with Gasteiger partial charge in [-0.15, -0.1) is 0 Å². The van der Waals surface area contributed by atoms with Crippen LogP contribution in [0.15, 0.2) is 12.4 Å². The molecule has 2 heterocycles. The van der Waals surface area contributed by atoms with Gasteiger partial charge in [-0.05, 0) is 31.2 Å². The highest BCUT2D eigenvalue weighted by Crippen LogP contribution is 2.43. The molecule has 1 N–H and O–H groups in total. The number of unbranched alkanes of at least 4 members (excludes halogenated alkanes) is 2. The van der Waals surface area contributed by atoms with E-state index in [1.54, 1.807) is 12.4 Å². The second-order valence-corrected chi connectivity index (χ2v) is 7.54. The van der Waals surface area contributed by atoms with Gasteiger partial charge in [-0.1, -0.05) is 33.1 Å². The Morgan fingerprint density at radius 2 is 2.16 bits per heavy atom. The molecule has 25 heavy (non-hydrogen) atoms. The first-order chi connectivity index (χ1) is 12.0. The molecule has 0 radical (unpaired) electrons. The molecule has 6 nitrogen and oxygen atoms in total. The van der Waals surface area contributed by atoms with Crippen LogP contribution >= 0.6 is 0 Å². The standard InChI is InChI=1S/C19H29N3O3/c1-4-5-6-7-14(3)17(23)25-19-9-15(12-22-19)8-16(19)24-18-20-10-13(2)11-21-18/h10-11,14-16,22H,4-9,12H2,1-3H3/t14?,15-,16-,19+/m1/s1. The Hall–Kier alpha value is -1.69. The molecule has 2 fully saturated rings. The van der Waals surface area contributed by atoms with Gasteiger partial charge in [0.25, 0.3) is 0 Å². The Balaban J connectivity index is 1.63. The Bertz CT molecular complexity index is 592. The molecule has 1 saturated heterocycles. The SMILES string of the molecule is CCCCCC(C)C(=O)O[C@]12C[C@H](CN1)C[C@H]2Oc1ncc(C)cn1. The number of hydrogen-bond acceptors (Lipinski definition) is 6. The number of carbonyl (C=O) groups is 1. The Labute approximate surface area is 149 Å². The van der Waals surface area contributed by atoms with E-state index in [4.69, 9.17) is 9.47 Å². The van der Waals surface area contributed by atoms with Gasteiger partial charge in [0, 0.05) is 25.4 Å². The van der Waals surface area contributed by atoms with Crippen LogP contribution < -0.4 is 10.1 Å². The van der Waals surface area contributed by atoms with Crippen molar-refractivity contribution in [2.24, 2.45) is 11.8 Å². The van der Waals surface area contributed by atoms with Gasteiger partial charge in [0.2, 0.25) is 5.72 Å². The molecule has 3 rings (SSSR count). The molecular weight excluding hydrogens is 318 g/mol. The van der Waals surface area contributed by atoms with Crippen molar-refractivity contribution in [1.82, 2.24) is 15.3 Å². The summed E-state index contributed by atoms with van der Waals surface area (Å²) in [5, 5.41) is 3.38. The minimum absolute atomic E-state index is 0.0846. The molecule has 0 amide bonds. The number of ether oxygens (including phenoxy) is 2. The minimum Gasteiger partial charge on any atom is -0.454 e. The first-order valence-corrected chi connectivity index (χ1v) is 9.45. The lowest BCUT2D eigenvalue weighted by Gasteiger charge is -2.35. The molecular formula is C19H29N3O3. The molecule has 1 saturated carbocycles. The van der Waals surface area contributed by atoms with Crippen LogP contribution in [0.5, 0.6) is 6.01 Å². The van der Waals surface area contributed by atoms with E-state index in [0.29, 0.717) is 11.9 Å². The maximum Gasteiger partial charge on any atom is 0.316 e. The fraction of sp³-hybridized carbons (Fsp3) is 0.737. The van der Waals surface area contributed by atoms with Crippen molar-refractivity contribution in [2.75, 3.05) is 6.54 Å². The van der Waals surface area contributed by atoms with Crippen LogP contribution in [0.3, 0.4) is 0 Å². The van der Waals surface area contributed by atoms with Crippen LogP contribution in [0.2, 0.25) is 0 Å². The second kappa shape index (κ2) is 7.68. The minimum atomic E-state index is -0.727. The third-order valence-electron chi connectivity index (χ3n) is 5.28. The van der Waals surface area contributed by atoms with E-state index in [1.807, 2.05) is 13.8 Å². The van der Waals surface area contributed by atoms with Crippen LogP contribution in [-0.4, -0.2) is 34.3 Å². The molecule has 138 valence electrons. The molecule has 1 unspecified atom stereocenters. The van der Waals surface area contributed by atoms with Gasteiger partial charge >= 0.3 is 12.0 Å². The van der Waals surface area contributed by atoms with Gasteiger partial charge in [-0.25, -0.2) is 9.97 Å². The van der Waals surface area contributed by atoms with Gasteiger partial charge in [-0.2, -0.15) is 0 Å². The number of aryl methyl sites for hydroxylation is 1. The Kier molecular flexibility index (Phi) is 5.57. The zero-order valence-electron chi connectivity index (χ0n) is 15.5. The summed E-state index contributed by atoms with van der Waals surface area (Å²) < 4.78 is 11.9. The van der Waals surface area contributed by atoms with Gasteiger partial charge < -0.3 is 9.47 Å². The second-order valence-electron chi connectivity index (χ2n) is 7.54. The van der Waals surface area contributed by atoms with E-state index in [0.717, 1.165) is 50.6 Å². The van der Waals surface area contributed by atoms with Crippen molar-refractivity contribution in [1.29, 1.82) is 0 Å². The van der Waals surface area contributed by atoms with Crippen molar-refractivity contribution < 1.29 is 14.3 Å². The smallest absolute Gasteiger partial charge is 0.316 e. The van der Waals surface area contributed by atoms with E-state index in [-0.39, 0.29) is 18.0 Å². The number of hydrogen-bond donors (Lipinski definition) is 1. The van der Waals surface area contributed by atoms with E-state index >= 15 is 0 Å². The number of nitrogens with zero attached hydrogens (tertiary/aromatic N) is 2. The average molecular weight is 347 g/mol. The van der Waals surface area contributed by atoms with E-state index in [9.17, 15) is 4.79 Å². The summed E-state index contributed by atoms with van der Waals surface area (Å²) >= 11 is 0. The van der Waals surface area contributed by atoms with Gasteiger partial charge in [0.1, 0.15) is 0 Å². The van der Waals surface area contributed by atoms with Crippen molar-refractivity contribution in [3.8, 4) is 6.01 Å². The Morgan fingerprint density at radius 1 is 1.40 bits per heavy atom. The molecule has 1 aliphatic carbocycles. The largest absolute Gasteiger partial charge is 0.454 e. The maximum atomic E-state index is 12.6. The molecule has 1 aromatic rings. The summed E-state index contributed by atoms with van der Waals surface area (Å²) in [6, 6.07) is 0.344. The van der Waals surface area contributed by atoms with Crippen molar-refractivity contribution >= 4 is 5.97 Å². The number of piperidine rings is 1. The number of carbonyl (C=O) groups excluding carboxylic acids is 1. The zero-order valence-corrected chi connectivity index (χ0v) is 15.5. The fourth-order valence-corrected chi connectivity index (χ4v) is 3.75. The van der Waals surface area contributed by atoms with Gasteiger partial charge in [0.15, 0.2) is 6.10 Å². The van der Waals surface area contributed by atoms with Crippen molar-refractivity contribution in [3.05, 3.63) is 18.0 Å². The zero-order chi connectivity index (χ0) is 17.9. The predicted octanol–water partition coefficient (Wildman–Crippen LogP) is 3.00. The Morgan fingerprint density at radius 3 is 2.84 bits per heavy atom. The molecule has 1 aliphatic heterocycles.